The number of thiazole rings is 1. The molecular weight excluding hydrogens is 388 g/mol. The molecule has 0 aliphatic heterocycles. The maximum absolute atomic E-state index is 12.6. The van der Waals surface area contributed by atoms with Crippen LogP contribution in [0.25, 0.3) is 21.6 Å². The van der Waals surface area contributed by atoms with Crippen LogP contribution in [0, 0.1) is 0 Å². The lowest BCUT2D eigenvalue weighted by Crippen LogP contribution is -2.13. The van der Waals surface area contributed by atoms with Crippen LogP contribution in [0.3, 0.4) is 0 Å². The molecule has 3 heterocycles. The maximum atomic E-state index is 12.6. The van der Waals surface area contributed by atoms with E-state index in [1.165, 1.54) is 18.4 Å². The van der Waals surface area contributed by atoms with Gasteiger partial charge >= 0.3 is 5.97 Å². The standard InChI is InChI=1S/C21H18N4O3S/c1-3-25-11-16(15-8-5-9-22-18(15)25)20-24-17(12-29-20)19(26)23-14-7-4-6-13(10-14)21(27)28-2/h4-12H,3H2,1-2H3,(H,23,26). The number of benzene rings is 1. The number of ether oxygens (including phenoxy) is 1. The van der Waals surface area contributed by atoms with Gasteiger partial charge in [0.15, 0.2) is 0 Å². The van der Waals surface area contributed by atoms with E-state index < -0.39 is 5.97 Å². The minimum Gasteiger partial charge on any atom is -0.465 e. The van der Waals surface area contributed by atoms with Gasteiger partial charge in [-0.15, -0.1) is 11.3 Å². The van der Waals surface area contributed by atoms with E-state index in [-0.39, 0.29) is 5.91 Å². The highest BCUT2D eigenvalue weighted by Gasteiger charge is 2.17. The van der Waals surface area contributed by atoms with Crippen LogP contribution in [0.4, 0.5) is 5.69 Å². The lowest BCUT2D eigenvalue weighted by molar-refractivity contribution is 0.0600. The van der Waals surface area contributed by atoms with Crippen molar-refractivity contribution in [3.05, 3.63) is 65.4 Å². The van der Waals surface area contributed by atoms with Gasteiger partial charge in [0.2, 0.25) is 0 Å². The molecule has 0 saturated carbocycles. The van der Waals surface area contributed by atoms with Gasteiger partial charge in [0.05, 0.1) is 12.7 Å². The van der Waals surface area contributed by atoms with Gasteiger partial charge in [-0.05, 0) is 37.3 Å². The largest absolute Gasteiger partial charge is 0.465 e. The number of anilines is 1. The average molecular weight is 406 g/mol. The molecule has 0 atom stereocenters. The molecule has 0 aliphatic carbocycles. The summed E-state index contributed by atoms with van der Waals surface area (Å²) in [6.45, 7) is 2.85. The second-order valence-electron chi connectivity index (χ2n) is 6.27. The number of fused-ring (bicyclic) bond motifs is 1. The second-order valence-corrected chi connectivity index (χ2v) is 7.13. The first kappa shape index (κ1) is 18.8. The summed E-state index contributed by atoms with van der Waals surface area (Å²) in [4.78, 5) is 33.3. The minimum atomic E-state index is -0.460. The minimum absolute atomic E-state index is 0.315. The van der Waals surface area contributed by atoms with E-state index in [1.54, 1.807) is 35.8 Å². The summed E-state index contributed by atoms with van der Waals surface area (Å²) in [5.41, 5.74) is 3.02. The fourth-order valence-corrected chi connectivity index (χ4v) is 3.90. The Morgan fingerprint density at radius 3 is 2.90 bits per heavy atom. The fraction of sp³-hybridized carbons (Fsp3) is 0.143. The molecule has 7 nitrogen and oxygen atoms in total. The van der Waals surface area contributed by atoms with E-state index in [2.05, 4.69) is 26.8 Å². The van der Waals surface area contributed by atoms with Gasteiger partial charge < -0.3 is 14.6 Å². The molecule has 0 spiro atoms. The molecule has 0 radical (unpaired) electrons. The Bertz CT molecular complexity index is 1210. The monoisotopic (exact) mass is 406 g/mol. The smallest absolute Gasteiger partial charge is 0.337 e. The van der Waals surface area contributed by atoms with E-state index in [0.29, 0.717) is 16.9 Å². The number of esters is 1. The third kappa shape index (κ3) is 3.62. The molecule has 0 bridgehead atoms. The van der Waals surface area contributed by atoms with Crippen LogP contribution in [-0.4, -0.2) is 33.5 Å². The number of hydrogen-bond acceptors (Lipinski definition) is 6. The van der Waals surface area contributed by atoms with Gasteiger partial charge in [0.25, 0.3) is 5.91 Å². The number of aromatic nitrogens is 3. The van der Waals surface area contributed by atoms with Gasteiger partial charge in [-0.1, -0.05) is 6.07 Å². The molecule has 0 unspecified atom stereocenters. The summed E-state index contributed by atoms with van der Waals surface area (Å²) >= 11 is 1.40. The Morgan fingerprint density at radius 2 is 2.10 bits per heavy atom. The van der Waals surface area contributed by atoms with Crippen molar-refractivity contribution in [3.63, 3.8) is 0 Å². The zero-order valence-electron chi connectivity index (χ0n) is 15.9. The number of amides is 1. The zero-order valence-corrected chi connectivity index (χ0v) is 16.7. The van der Waals surface area contributed by atoms with E-state index in [4.69, 9.17) is 4.74 Å². The Balaban J connectivity index is 1.60. The summed E-state index contributed by atoms with van der Waals surface area (Å²) in [5, 5.41) is 6.25. The summed E-state index contributed by atoms with van der Waals surface area (Å²) in [6, 6.07) is 10.5. The van der Waals surface area contributed by atoms with Crippen LogP contribution in [0.5, 0.6) is 0 Å². The van der Waals surface area contributed by atoms with Crippen LogP contribution >= 0.6 is 11.3 Å². The van der Waals surface area contributed by atoms with Gasteiger partial charge in [0, 0.05) is 41.0 Å². The summed E-state index contributed by atoms with van der Waals surface area (Å²) < 4.78 is 6.77. The first-order valence-electron chi connectivity index (χ1n) is 9.00. The number of rotatable bonds is 5. The molecule has 1 N–H and O–H groups in total. The van der Waals surface area contributed by atoms with Crippen LogP contribution in [0.1, 0.15) is 27.8 Å². The molecule has 4 rings (SSSR count). The Morgan fingerprint density at radius 1 is 1.24 bits per heavy atom. The van der Waals surface area contributed by atoms with Crippen LogP contribution < -0.4 is 5.32 Å². The maximum Gasteiger partial charge on any atom is 0.337 e. The topological polar surface area (TPSA) is 86.1 Å². The van der Waals surface area contributed by atoms with Crippen molar-refractivity contribution in [3.8, 4) is 10.6 Å². The van der Waals surface area contributed by atoms with Crippen molar-refractivity contribution in [2.45, 2.75) is 13.5 Å². The first-order valence-corrected chi connectivity index (χ1v) is 9.88. The molecule has 0 saturated heterocycles. The molecule has 29 heavy (non-hydrogen) atoms. The van der Waals surface area contributed by atoms with E-state index in [1.807, 2.05) is 18.3 Å². The predicted molar refractivity (Wildman–Crippen MR) is 112 cm³/mol. The van der Waals surface area contributed by atoms with Crippen LogP contribution in [-0.2, 0) is 11.3 Å². The van der Waals surface area contributed by atoms with Crippen molar-refractivity contribution >= 4 is 39.9 Å². The van der Waals surface area contributed by atoms with E-state index in [0.717, 1.165) is 28.1 Å². The number of nitrogens with one attached hydrogen (secondary N) is 1. The molecule has 0 fully saturated rings. The average Bonchev–Trinajstić information content (AvgIpc) is 3.38. The Hall–Kier alpha value is -3.52. The highest BCUT2D eigenvalue weighted by Crippen LogP contribution is 2.32. The van der Waals surface area contributed by atoms with Crippen molar-refractivity contribution in [1.29, 1.82) is 0 Å². The number of nitrogens with zero attached hydrogens (tertiary/aromatic N) is 3. The molecule has 0 aliphatic rings. The number of carbonyl (C=O) groups excluding carboxylic acids is 2. The number of methoxy groups -OCH3 is 1. The highest BCUT2D eigenvalue weighted by atomic mass is 32.1. The number of pyridine rings is 1. The van der Waals surface area contributed by atoms with Gasteiger partial charge in [0.1, 0.15) is 16.3 Å². The third-order valence-corrected chi connectivity index (χ3v) is 5.36. The second kappa shape index (κ2) is 7.84. The zero-order chi connectivity index (χ0) is 20.4. The third-order valence-electron chi connectivity index (χ3n) is 4.48. The Labute approximate surface area is 171 Å². The molecule has 3 aromatic heterocycles. The van der Waals surface area contributed by atoms with Crippen molar-refractivity contribution < 1.29 is 14.3 Å². The summed E-state index contributed by atoms with van der Waals surface area (Å²) in [5.74, 6) is -0.801. The van der Waals surface area contributed by atoms with Crippen LogP contribution in [0.15, 0.2) is 54.2 Å². The predicted octanol–water partition coefficient (Wildman–Crippen LogP) is 4.22. The molecule has 1 amide bonds. The quantitative estimate of drug-likeness (QED) is 0.502. The molecule has 146 valence electrons. The molecule has 4 aromatic rings. The highest BCUT2D eigenvalue weighted by molar-refractivity contribution is 7.13. The molecule has 1 aromatic carbocycles. The van der Waals surface area contributed by atoms with Crippen molar-refractivity contribution in [1.82, 2.24) is 14.5 Å². The van der Waals surface area contributed by atoms with Crippen molar-refractivity contribution in [2.24, 2.45) is 0 Å². The fourth-order valence-electron chi connectivity index (χ4n) is 3.07. The lowest BCUT2D eigenvalue weighted by Gasteiger charge is -2.05. The van der Waals surface area contributed by atoms with Gasteiger partial charge in [-0.25, -0.2) is 14.8 Å². The SMILES string of the molecule is CCn1cc(-c2nc(C(=O)Nc3cccc(C(=O)OC)c3)cs2)c2cccnc21. The normalized spacial score (nSPS) is 10.8. The summed E-state index contributed by atoms with van der Waals surface area (Å²) in [7, 11) is 1.31. The van der Waals surface area contributed by atoms with Gasteiger partial charge in [-0.3, -0.25) is 4.79 Å². The lowest BCUT2D eigenvalue weighted by atomic mass is 10.2. The summed E-state index contributed by atoms with van der Waals surface area (Å²) in [6.07, 6.45) is 3.78. The van der Waals surface area contributed by atoms with E-state index >= 15 is 0 Å². The van der Waals surface area contributed by atoms with E-state index in [9.17, 15) is 9.59 Å². The number of hydrogen-bond donors (Lipinski definition) is 1. The Kier molecular flexibility index (Phi) is 5.09. The van der Waals surface area contributed by atoms with Crippen LogP contribution in [0.2, 0.25) is 0 Å². The number of carbonyl (C=O) groups is 2. The first-order chi connectivity index (χ1) is 14.1. The number of aryl methyl sites for hydroxylation is 1. The molecular formula is C21H18N4O3S. The van der Waals surface area contributed by atoms with Crippen molar-refractivity contribution in [2.75, 3.05) is 12.4 Å². The molecule has 8 heteroatoms. The van der Waals surface area contributed by atoms with Gasteiger partial charge in [-0.2, -0.15) is 0 Å².